The monoisotopic (exact) mass is 474 g/mol. The lowest BCUT2D eigenvalue weighted by atomic mass is 9.98. The van der Waals surface area contributed by atoms with E-state index in [-0.39, 0.29) is 23.4 Å². The molecule has 0 saturated carbocycles. The van der Waals surface area contributed by atoms with Gasteiger partial charge in [0.2, 0.25) is 0 Å². The standard InChI is InChI=1S/C27H20F2N2O4/c28-19-7-8-20(22(29)15-19)26(35)21-9-11-24(32)31(27(21)30)23-10-6-17(14-25(33)34)13-18(23)12-16-4-2-1-3-5-16/h1-11,13,15H,12,14,30H2,(H,33,34). The summed E-state index contributed by atoms with van der Waals surface area (Å²) in [6.07, 6.45) is 0.148. The predicted octanol–water partition coefficient (Wildman–Crippen LogP) is 4.15. The number of carboxylic acid groups (broad SMARTS) is 1. The van der Waals surface area contributed by atoms with Gasteiger partial charge in [0.25, 0.3) is 5.56 Å². The highest BCUT2D eigenvalue weighted by Gasteiger charge is 2.21. The maximum atomic E-state index is 14.3. The number of carbonyl (C=O) groups excluding carboxylic acids is 1. The third-order valence-corrected chi connectivity index (χ3v) is 5.53. The van der Waals surface area contributed by atoms with Gasteiger partial charge in [0.1, 0.15) is 17.5 Å². The molecule has 0 bridgehead atoms. The SMILES string of the molecule is Nc1c(C(=O)c2ccc(F)cc2F)ccc(=O)n1-c1ccc(CC(=O)O)cc1Cc1ccccc1. The second-order valence-electron chi connectivity index (χ2n) is 7.96. The van der Waals surface area contributed by atoms with Crippen LogP contribution in [-0.4, -0.2) is 21.4 Å². The van der Waals surface area contributed by atoms with Crippen molar-refractivity contribution in [1.82, 2.24) is 4.57 Å². The van der Waals surface area contributed by atoms with Gasteiger partial charge in [-0.25, -0.2) is 8.78 Å². The fourth-order valence-corrected chi connectivity index (χ4v) is 3.91. The summed E-state index contributed by atoms with van der Waals surface area (Å²) >= 11 is 0. The van der Waals surface area contributed by atoms with Crippen LogP contribution in [0.4, 0.5) is 14.6 Å². The van der Waals surface area contributed by atoms with E-state index < -0.39 is 28.9 Å². The van der Waals surface area contributed by atoms with E-state index >= 15 is 0 Å². The largest absolute Gasteiger partial charge is 0.481 e. The molecule has 4 rings (SSSR count). The fourth-order valence-electron chi connectivity index (χ4n) is 3.91. The van der Waals surface area contributed by atoms with Crippen LogP contribution in [-0.2, 0) is 17.6 Å². The summed E-state index contributed by atoms with van der Waals surface area (Å²) < 4.78 is 28.7. The van der Waals surface area contributed by atoms with Gasteiger partial charge in [-0.1, -0.05) is 42.5 Å². The van der Waals surface area contributed by atoms with Crippen LogP contribution in [0.2, 0.25) is 0 Å². The summed E-state index contributed by atoms with van der Waals surface area (Å²) in [5.74, 6) is -3.90. The molecule has 4 aromatic rings. The quantitative estimate of drug-likeness (QED) is 0.392. The maximum Gasteiger partial charge on any atom is 0.307 e. The average Bonchev–Trinajstić information content (AvgIpc) is 2.80. The van der Waals surface area contributed by atoms with Gasteiger partial charge in [-0.2, -0.15) is 0 Å². The number of hydrogen-bond acceptors (Lipinski definition) is 4. The van der Waals surface area contributed by atoms with Crippen molar-refractivity contribution < 1.29 is 23.5 Å². The molecule has 0 amide bonds. The zero-order chi connectivity index (χ0) is 25.1. The molecule has 0 aliphatic carbocycles. The number of aliphatic carboxylic acids is 1. The molecule has 6 nitrogen and oxygen atoms in total. The zero-order valence-electron chi connectivity index (χ0n) is 18.4. The molecule has 176 valence electrons. The first kappa shape index (κ1) is 23.6. The number of nitrogens with zero attached hydrogens (tertiary/aromatic N) is 1. The van der Waals surface area contributed by atoms with E-state index in [0.29, 0.717) is 29.3 Å². The third-order valence-electron chi connectivity index (χ3n) is 5.53. The molecule has 3 N–H and O–H groups in total. The number of carbonyl (C=O) groups is 2. The van der Waals surface area contributed by atoms with Crippen LogP contribution in [0.3, 0.4) is 0 Å². The van der Waals surface area contributed by atoms with Crippen molar-refractivity contribution in [3.63, 3.8) is 0 Å². The van der Waals surface area contributed by atoms with Crippen LogP contribution in [0.15, 0.2) is 83.7 Å². The first-order chi connectivity index (χ1) is 16.7. The second kappa shape index (κ2) is 9.72. The highest BCUT2D eigenvalue weighted by Crippen LogP contribution is 2.25. The number of aromatic nitrogens is 1. The maximum absolute atomic E-state index is 14.3. The van der Waals surface area contributed by atoms with Gasteiger partial charge < -0.3 is 10.8 Å². The van der Waals surface area contributed by atoms with E-state index in [1.807, 2.05) is 30.3 Å². The molecular weight excluding hydrogens is 454 g/mol. The summed E-state index contributed by atoms with van der Waals surface area (Å²) in [5, 5.41) is 9.20. The molecular formula is C27H20F2N2O4. The molecule has 0 saturated heterocycles. The van der Waals surface area contributed by atoms with Crippen LogP contribution in [0, 0.1) is 11.6 Å². The minimum Gasteiger partial charge on any atom is -0.481 e. The Hall–Kier alpha value is -4.59. The summed E-state index contributed by atoms with van der Waals surface area (Å²) in [6.45, 7) is 0. The van der Waals surface area contributed by atoms with Crippen LogP contribution in [0.5, 0.6) is 0 Å². The van der Waals surface area contributed by atoms with Crippen LogP contribution in [0.25, 0.3) is 5.69 Å². The molecule has 35 heavy (non-hydrogen) atoms. The van der Waals surface area contributed by atoms with E-state index in [1.165, 1.54) is 6.07 Å². The Labute approximate surface area is 198 Å². The highest BCUT2D eigenvalue weighted by atomic mass is 19.1. The molecule has 0 unspecified atom stereocenters. The van der Waals surface area contributed by atoms with Crippen molar-refractivity contribution in [2.45, 2.75) is 12.8 Å². The van der Waals surface area contributed by atoms with E-state index in [2.05, 4.69) is 0 Å². The minimum atomic E-state index is -1.05. The molecule has 0 fully saturated rings. The Morgan fingerprint density at radius 2 is 1.57 bits per heavy atom. The van der Waals surface area contributed by atoms with Gasteiger partial charge in [-0.3, -0.25) is 19.0 Å². The van der Waals surface area contributed by atoms with Gasteiger partial charge in [-0.05, 0) is 47.4 Å². The lowest BCUT2D eigenvalue weighted by Crippen LogP contribution is -2.25. The number of halogens is 2. The van der Waals surface area contributed by atoms with Crippen LogP contribution in [0.1, 0.15) is 32.6 Å². The summed E-state index contributed by atoms with van der Waals surface area (Å²) in [4.78, 5) is 37.1. The number of pyridine rings is 1. The minimum absolute atomic E-state index is 0.129. The van der Waals surface area contributed by atoms with Crippen molar-refractivity contribution in [2.75, 3.05) is 5.73 Å². The summed E-state index contributed by atoms with van der Waals surface area (Å²) in [6, 6.07) is 19.1. The Morgan fingerprint density at radius 3 is 2.26 bits per heavy atom. The smallest absolute Gasteiger partial charge is 0.307 e. The van der Waals surface area contributed by atoms with E-state index in [9.17, 15) is 28.3 Å². The van der Waals surface area contributed by atoms with Gasteiger partial charge >= 0.3 is 5.97 Å². The number of carboxylic acids is 1. The second-order valence-corrected chi connectivity index (χ2v) is 7.96. The normalized spacial score (nSPS) is 10.8. The number of nitrogens with two attached hydrogens (primary N) is 1. The van der Waals surface area contributed by atoms with E-state index in [4.69, 9.17) is 5.73 Å². The Balaban J connectivity index is 1.86. The van der Waals surface area contributed by atoms with Crippen molar-refractivity contribution in [3.8, 4) is 5.69 Å². The van der Waals surface area contributed by atoms with Crippen molar-refractivity contribution >= 4 is 17.6 Å². The molecule has 1 aromatic heterocycles. The molecule has 0 aliphatic rings. The number of hydrogen-bond donors (Lipinski definition) is 2. The average molecular weight is 474 g/mol. The number of benzene rings is 3. The highest BCUT2D eigenvalue weighted by molar-refractivity contribution is 6.11. The van der Waals surface area contributed by atoms with Gasteiger partial charge in [0.05, 0.1) is 23.2 Å². The van der Waals surface area contributed by atoms with E-state index in [0.717, 1.165) is 28.3 Å². The Bertz CT molecular complexity index is 1500. The van der Waals surface area contributed by atoms with Crippen LogP contribution >= 0.6 is 0 Å². The molecule has 0 spiro atoms. The first-order valence-electron chi connectivity index (χ1n) is 10.6. The lowest BCUT2D eigenvalue weighted by Gasteiger charge is -2.18. The van der Waals surface area contributed by atoms with Gasteiger partial charge in [0.15, 0.2) is 5.78 Å². The van der Waals surface area contributed by atoms with Gasteiger partial charge in [-0.15, -0.1) is 0 Å². The predicted molar refractivity (Wildman–Crippen MR) is 127 cm³/mol. The molecule has 8 heteroatoms. The van der Waals surface area contributed by atoms with Crippen molar-refractivity contribution in [3.05, 3.63) is 129 Å². The summed E-state index contributed by atoms with van der Waals surface area (Å²) in [5.41, 5.74) is 7.64. The molecule has 0 atom stereocenters. The molecule has 1 heterocycles. The number of ketones is 1. The Morgan fingerprint density at radius 1 is 0.857 bits per heavy atom. The third kappa shape index (κ3) is 5.01. The fraction of sp³-hybridized carbons (Fsp3) is 0.0741. The van der Waals surface area contributed by atoms with Gasteiger partial charge in [0, 0.05) is 12.1 Å². The molecule has 0 aliphatic heterocycles. The lowest BCUT2D eigenvalue weighted by molar-refractivity contribution is -0.136. The molecule has 3 aromatic carbocycles. The van der Waals surface area contributed by atoms with Crippen molar-refractivity contribution in [2.24, 2.45) is 0 Å². The topological polar surface area (TPSA) is 102 Å². The van der Waals surface area contributed by atoms with Crippen molar-refractivity contribution in [1.29, 1.82) is 0 Å². The van der Waals surface area contributed by atoms with E-state index in [1.54, 1.807) is 18.2 Å². The summed E-state index contributed by atoms with van der Waals surface area (Å²) in [7, 11) is 0. The van der Waals surface area contributed by atoms with Crippen LogP contribution < -0.4 is 11.3 Å². The molecule has 0 radical (unpaired) electrons. The number of rotatable bonds is 7. The number of nitrogen functional groups attached to an aromatic ring is 1. The Kier molecular flexibility index (Phi) is 6.55. The first-order valence-corrected chi connectivity index (χ1v) is 10.6. The number of anilines is 1. The zero-order valence-corrected chi connectivity index (χ0v) is 18.4.